The molecule has 1 heterocycles. The zero-order valence-electron chi connectivity index (χ0n) is 13.3. The van der Waals surface area contributed by atoms with E-state index in [2.05, 4.69) is 48.3 Å². The Hall–Kier alpha value is -1.61. The summed E-state index contributed by atoms with van der Waals surface area (Å²) in [6, 6.07) is 16.6. The van der Waals surface area contributed by atoms with Crippen molar-refractivity contribution in [1.29, 1.82) is 0 Å². The van der Waals surface area contributed by atoms with Crippen molar-refractivity contribution in [3.05, 3.63) is 76.4 Å². The van der Waals surface area contributed by atoms with Crippen LogP contribution in [0.25, 0.3) is 5.57 Å². The molecular weight excluding hydrogens is 306 g/mol. The quantitative estimate of drug-likeness (QED) is 0.789. The van der Waals surface area contributed by atoms with Gasteiger partial charge in [0.05, 0.1) is 0 Å². The summed E-state index contributed by atoms with van der Waals surface area (Å²) in [5, 5.41) is 10.7. The molecule has 0 bridgehead atoms. The first kappa shape index (κ1) is 16.3. The SMILES string of the molecule is CN1CCC(=C2c3ccccc3C(O)c3ccccc32)CC1.Cl. The van der Waals surface area contributed by atoms with E-state index in [1.165, 1.54) is 22.3 Å². The van der Waals surface area contributed by atoms with Gasteiger partial charge < -0.3 is 10.0 Å². The van der Waals surface area contributed by atoms with E-state index >= 15 is 0 Å². The number of halogens is 1. The van der Waals surface area contributed by atoms with Gasteiger partial charge in [-0.3, -0.25) is 0 Å². The first-order valence-electron chi connectivity index (χ1n) is 8.03. The zero-order valence-corrected chi connectivity index (χ0v) is 14.1. The fraction of sp³-hybridized carbons (Fsp3) is 0.300. The number of hydrogen-bond acceptors (Lipinski definition) is 2. The average Bonchev–Trinajstić information content (AvgIpc) is 2.57. The number of piperidine rings is 1. The Morgan fingerprint density at radius 1 is 0.870 bits per heavy atom. The molecule has 1 saturated heterocycles. The van der Waals surface area contributed by atoms with Gasteiger partial charge in [0.2, 0.25) is 0 Å². The number of nitrogens with zero attached hydrogens (tertiary/aromatic N) is 1. The number of aliphatic hydroxyl groups is 1. The molecule has 1 aliphatic carbocycles. The van der Waals surface area contributed by atoms with Crippen LogP contribution in [0, 0.1) is 0 Å². The number of benzene rings is 2. The highest BCUT2D eigenvalue weighted by atomic mass is 35.5. The maximum Gasteiger partial charge on any atom is 0.105 e. The van der Waals surface area contributed by atoms with Crippen LogP contribution in [-0.4, -0.2) is 30.1 Å². The van der Waals surface area contributed by atoms with Crippen molar-refractivity contribution in [3.8, 4) is 0 Å². The van der Waals surface area contributed by atoms with Crippen LogP contribution in [0.15, 0.2) is 54.1 Å². The summed E-state index contributed by atoms with van der Waals surface area (Å²) in [5.74, 6) is 0. The smallest absolute Gasteiger partial charge is 0.105 e. The first-order valence-corrected chi connectivity index (χ1v) is 8.03. The second kappa shape index (κ2) is 6.48. The predicted molar refractivity (Wildman–Crippen MR) is 96.9 cm³/mol. The van der Waals surface area contributed by atoms with Crippen LogP contribution in [0.5, 0.6) is 0 Å². The highest BCUT2D eigenvalue weighted by molar-refractivity contribution is 5.88. The summed E-state index contributed by atoms with van der Waals surface area (Å²) < 4.78 is 0. The van der Waals surface area contributed by atoms with Crippen LogP contribution in [0.4, 0.5) is 0 Å². The van der Waals surface area contributed by atoms with E-state index < -0.39 is 6.10 Å². The van der Waals surface area contributed by atoms with E-state index in [-0.39, 0.29) is 12.4 Å². The van der Waals surface area contributed by atoms with Crippen LogP contribution in [-0.2, 0) is 0 Å². The van der Waals surface area contributed by atoms with Crippen molar-refractivity contribution >= 4 is 18.0 Å². The van der Waals surface area contributed by atoms with Crippen LogP contribution >= 0.6 is 12.4 Å². The van der Waals surface area contributed by atoms with Gasteiger partial charge in [0, 0.05) is 13.1 Å². The molecule has 1 N–H and O–H groups in total. The van der Waals surface area contributed by atoms with E-state index in [4.69, 9.17) is 0 Å². The fourth-order valence-electron chi connectivity index (χ4n) is 3.76. The maximum absolute atomic E-state index is 10.7. The van der Waals surface area contributed by atoms with Crippen LogP contribution in [0.1, 0.15) is 41.2 Å². The molecular formula is C20H22ClNO. The van der Waals surface area contributed by atoms with E-state index in [1.807, 2.05) is 12.1 Å². The van der Waals surface area contributed by atoms with Gasteiger partial charge in [0.1, 0.15) is 6.10 Å². The predicted octanol–water partition coefficient (Wildman–Crippen LogP) is 4.03. The molecule has 0 aromatic heterocycles. The second-order valence-corrected chi connectivity index (χ2v) is 6.36. The van der Waals surface area contributed by atoms with Gasteiger partial charge >= 0.3 is 0 Å². The first-order chi connectivity index (χ1) is 10.8. The highest BCUT2D eigenvalue weighted by Gasteiger charge is 2.29. The highest BCUT2D eigenvalue weighted by Crippen LogP contribution is 2.44. The number of hydrogen-bond donors (Lipinski definition) is 1. The van der Waals surface area contributed by atoms with Crippen molar-refractivity contribution in [3.63, 3.8) is 0 Å². The third-order valence-electron chi connectivity index (χ3n) is 4.99. The summed E-state index contributed by atoms with van der Waals surface area (Å²) in [6.45, 7) is 2.23. The molecule has 0 spiro atoms. The van der Waals surface area contributed by atoms with Gasteiger partial charge in [-0.1, -0.05) is 54.1 Å². The van der Waals surface area contributed by atoms with Gasteiger partial charge in [-0.15, -0.1) is 12.4 Å². The molecule has 120 valence electrons. The molecule has 2 nitrogen and oxygen atoms in total. The molecule has 2 aliphatic rings. The molecule has 2 aromatic rings. The minimum absolute atomic E-state index is 0. The lowest BCUT2D eigenvalue weighted by Gasteiger charge is -2.32. The van der Waals surface area contributed by atoms with E-state index in [1.54, 1.807) is 0 Å². The van der Waals surface area contributed by atoms with E-state index in [9.17, 15) is 5.11 Å². The summed E-state index contributed by atoms with van der Waals surface area (Å²) in [6.07, 6.45) is 1.72. The van der Waals surface area contributed by atoms with Crippen LogP contribution in [0.2, 0.25) is 0 Å². The molecule has 1 fully saturated rings. The Kier molecular flexibility index (Phi) is 4.58. The Labute approximate surface area is 143 Å². The Morgan fingerprint density at radius 3 is 1.87 bits per heavy atom. The fourth-order valence-corrected chi connectivity index (χ4v) is 3.76. The zero-order chi connectivity index (χ0) is 15.1. The number of fused-ring (bicyclic) bond motifs is 2. The maximum atomic E-state index is 10.7. The molecule has 0 radical (unpaired) electrons. The van der Waals surface area contributed by atoms with Crippen LogP contribution in [0.3, 0.4) is 0 Å². The third kappa shape index (κ3) is 2.72. The normalized spacial score (nSPS) is 20.5. The minimum atomic E-state index is -0.511. The lowest BCUT2D eigenvalue weighted by molar-refractivity contribution is 0.218. The molecule has 0 saturated carbocycles. The molecule has 0 atom stereocenters. The Morgan fingerprint density at radius 2 is 1.35 bits per heavy atom. The molecule has 0 unspecified atom stereocenters. The second-order valence-electron chi connectivity index (χ2n) is 6.36. The lowest BCUT2D eigenvalue weighted by atomic mass is 9.77. The minimum Gasteiger partial charge on any atom is -0.384 e. The molecule has 1 aliphatic heterocycles. The van der Waals surface area contributed by atoms with Crippen LogP contribution < -0.4 is 0 Å². The van der Waals surface area contributed by atoms with Gasteiger partial charge in [-0.05, 0) is 47.7 Å². The van der Waals surface area contributed by atoms with Gasteiger partial charge in [-0.25, -0.2) is 0 Å². The van der Waals surface area contributed by atoms with Crippen molar-refractivity contribution < 1.29 is 5.11 Å². The molecule has 23 heavy (non-hydrogen) atoms. The Balaban J connectivity index is 0.00000156. The third-order valence-corrected chi connectivity index (χ3v) is 4.99. The topological polar surface area (TPSA) is 23.5 Å². The van der Waals surface area contributed by atoms with Crippen molar-refractivity contribution in [2.75, 3.05) is 20.1 Å². The van der Waals surface area contributed by atoms with E-state index in [0.29, 0.717) is 0 Å². The van der Waals surface area contributed by atoms with Crippen molar-refractivity contribution in [1.82, 2.24) is 4.90 Å². The summed E-state index contributed by atoms with van der Waals surface area (Å²) in [5.41, 5.74) is 7.42. The summed E-state index contributed by atoms with van der Waals surface area (Å²) >= 11 is 0. The van der Waals surface area contributed by atoms with Crippen molar-refractivity contribution in [2.45, 2.75) is 18.9 Å². The van der Waals surface area contributed by atoms with Crippen molar-refractivity contribution in [2.24, 2.45) is 0 Å². The van der Waals surface area contributed by atoms with Gasteiger partial charge in [0.15, 0.2) is 0 Å². The molecule has 4 rings (SSSR count). The molecule has 3 heteroatoms. The Bertz CT molecular complexity index is 693. The van der Waals surface area contributed by atoms with Gasteiger partial charge in [0.25, 0.3) is 0 Å². The summed E-state index contributed by atoms with van der Waals surface area (Å²) in [7, 11) is 2.19. The number of likely N-dealkylation sites (tertiary alicyclic amines) is 1. The standard InChI is InChI=1S/C20H21NO.ClH/c1-21-12-10-14(11-13-21)19-15-6-2-4-8-17(15)20(22)18-9-5-3-7-16(18)19;/h2-9,20,22H,10-13H2,1H3;1H. The largest absolute Gasteiger partial charge is 0.384 e. The molecule has 0 amide bonds. The molecule has 2 aromatic carbocycles. The van der Waals surface area contributed by atoms with Gasteiger partial charge in [-0.2, -0.15) is 0 Å². The number of rotatable bonds is 0. The monoisotopic (exact) mass is 327 g/mol. The number of aliphatic hydroxyl groups excluding tert-OH is 1. The summed E-state index contributed by atoms with van der Waals surface area (Å²) in [4.78, 5) is 2.39. The average molecular weight is 328 g/mol. The van der Waals surface area contributed by atoms with E-state index in [0.717, 1.165) is 37.1 Å². The lowest BCUT2D eigenvalue weighted by Crippen LogP contribution is -2.27.